The molecule has 4 heterocycles. The summed E-state index contributed by atoms with van der Waals surface area (Å²) in [5.74, 6) is 0. The molecular formula is C104H109BN2. The van der Waals surface area contributed by atoms with Gasteiger partial charge in [0.25, 0.3) is 6.71 Å². The van der Waals surface area contributed by atoms with Crippen molar-refractivity contribution in [2.75, 3.05) is 0 Å². The van der Waals surface area contributed by atoms with Crippen LogP contribution in [0.5, 0.6) is 0 Å². The van der Waals surface area contributed by atoms with E-state index in [-0.39, 0.29) is 50.0 Å². The minimum atomic E-state index is -0.218. The third-order valence-corrected chi connectivity index (χ3v) is 23.9. The maximum Gasteiger partial charge on any atom is 0.252 e. The van der Waals surface area contributed by atoms with Crippen molar-refractivity contribution in [3.8, 4) is 89.3 Å². The minimum Gasteiger partial charge on any atom is -0.310 e. The summed E-state index contributed by atoms with van der Waals surface area (Å²) in [5, 5.41) is 5.19. The Morgan fingerprint density at radius 3 is 0.748 bits per heavy atom. The van der Waals surface area contributed by atoms with E-state index in [1.807, 2.05) is 0 Å². The van der Waals surface area contributed by atoms with Crippen LogP contribution in [0, 0.1) is 0 Å². The van der Waals surface area contributed by atoms with Crippen LogP contribution in [0.3, 0.4) is 0 Å². The second kappa shape index (κ2) is 24.4. The van der Waals surface area contributed by atoms with Crippen LogP contribution in [0.2, 0.25) is 0 Å². The summed E-state index contributed by atoms with van der Waals surface area (Å²) in [5.41, 5.74) is 38.1. The fourth-order valence-electron chi connectivity index (χ4n) is 17.3. The summed E-state index contributed by atoms with van der Waals surface area (Å²) in [4.78, 5) is 0. The normalized spacial score (nSPS) is 13.6. The van der Waals surface area contributed by atoms with Gasteiger partial charge in [-0.25, -0.2) is 0 Å². The molecule has 107 heavy (non-hydrogen) atoms. The average Bonchev–Trinajstić information content (AvgIpc) is 1.56. The van der Waals surface area contributed by atoms with Gasteiger partial charge in [-0.05, 0) is 238 Å². The molecule has 0 bridgehead atoms. The SMILES string of the molecule is CC(C)(C)c1ccc(-c2cc(-c3ccc(C(C)(C)C)cc3)cc(-c3c(-c4ccccc4)c(-c4cc(-c5ccc(C(C)(C)C)cc5)cc(-c5ccc(C(C)(C)C)cc5)c4)c4c5c3-n3c6ccc(C(C)(C)C)cc6c6cc(C(C)(C)C)cc(c63)B5c3cc(C(C)(C)C)cc5c6cc(C(C)(C)C)ccc6n-4c35)c2)cc1. The second-order valence-corrected chi connectivity index (χ2v) is 40.0. The first-order valence-corrected chi connectivity index (χ1v) is 39.4. The lowest BCUT2D eigenvalue weighted by Gasteiger charge is -2.39. The Bertz CT molecular complexity index is 5430. The second-order valence-electron chi connectivity index (χ2n) is 40.0. The van der Waals surface area contributed by atoms with Crippen molar-refractivity contribution in [1.82, 2.24) is 9.13 Å². The molecule has 14 aromatic rings. The summed E-state index contributed by atoms with van der Waals surface area (Å²) >= 11 is 0. The van der Waals surface area contributed by atoms with Crippen molar-refractivity contribution < 1.29 is 0 Å². The van der Waals surface area contributed by atoms with Crippen molar-refractivity contribution in [2.45, 2.75) is 209 Å². The number of hydrogen-bond donors (Lipinski definition) is 0. The quantitative estimate of drug-likeness (QED) is 0.141. The highest BCUT2D eigenvalue weighted by atomic mass is 15.0. The van der Waals surface area contributed by atoms with Gasteiger partial charge < -0.3 is 9.13 Å². The molecular weight excluding hydrogens is 1290 g/mol. The van der Waals surface area contributed by atoms with Crippen molar-refractivity contribution in [3.05, 3.63) is 269 Å². The molecule has 0 N–H and O–H groups in total. The van der Waals surface area contributed by atoms with Crippen molar-refractivity contribution in [2.24, 2.45) is 0 Å². The Labute approximate surface area is 639 Å². The zero-order valence-electron chi connectivity index (χ0n) is 68.3. The molecule has 538 valence electrons. The number of hydrogen-bond acceptors (Lipinski definition) is 0. The largest absolute Gasteiger partial charge is 0.310 e. The highest BCUT2D eigenvalue weighted by Gasteiger charge is 2.46. The van der Waals surface area contributed by atoms with Crippen LogP contribution >= 0.6 is 0 Å². The first-order valence-electron chi connectivity index (χ1n) is 39.4. The van der Waals surface area contributed by atoms with Gasteiger partial charge in [0, 0.05) is 49.3 Å². The van der Waals surface area contributed by atoms with E-state index in [1.54, 1.807) is 0 Å². The molecule has 0 saturated carbocycles. The lowest BCUT2D eigenvalue weighted by Crippen LogP contribution is -2.60. The summed E-state index contributed by atoms with van der Waals surface area (Å²) in [6, 6.07) is 90.3. The Morgan fingerprint density at radius 2 is 0.467 bits per heavy atom. The van der Waals surface area contributed by atoms with Crippen LogP contribution in [0.1, 0.15) is 211 Å². The van der Waals surface area contributed by atoms with Crippen LogP contribution in [-0.2, 0) is 43.3 Å². The van der Waals surface area contributed by atoms with Gasteiger partial charge in [-0.3, -0.25) is 0 Å². The van der Waals surface area contributed by atoms with E-state index in [1.165, 1.54) is 188 Å². The van der Waals surface area contributed by atoms with Crippen molar-refractivity contribution in [1.29, 1.82) is 0 Å². The van der Waals surface area contributed by atoms with E-state index in [4.69, 9.17) is 0 Å². The summed E-state index contributed by atoms with van der Waals surface area (Å²) in [7, 11) is 0. The zero-order valence-corrected chi connectivity index (χ0v) is 68.3. The van der Waals surface area contributed by atoms with E-state index in [0.29, 0.717) is 0 Å². The average molecular weight is 1400 g/mol. The number of fused-ring (bicyclic) bond motifs is 10. The van der Waals surface area contributed by atoms with Crippen LogP contribution in [0.25, 0.3) is 133 Å². The molecule has 16 rings (SSSR count). The van der Waals surface area contributed by atoms with E-state index in [2.05, 4.69) is 400 Å². The number of benzene rings is 12. The molecule has 0 amide bonds. The predicted octanol–water partition coefficient (Wildman–Crippen LogP) is 27.1. The molecule has 2 aliphatic heterocycles. The number of aromatic nitrogens is 2. The molecule has 12 aromatic carbocycles. The van der Waals surface area contributed by atoms with Gasteiger partial charge in [-0.1, -0.05) is 318 Å². The van der Waals surface area contributed by atoms with Gasteiger partial charge in [0.05, 0.1) is 22.4 Å². The fourth-order valence-corrected chi connectivity index (χ4v) is 17.3. The van der Waals surface area contributed by atoms with Crippen LogP contribution < -0.4 is 16.4 Å². The highest BCUT2D eigenvalue weighted by molar-refractivity contribution is 7.00. The van der Waals surface area contributed by atoms with Crippen molar-refractivity contribution in [3.63, 3.8) is 0 Å². The molecule has 0 atom stereocenters. The molecule has 2 aliphatic rings. The number of rotatable bonds is 7. The Hall–Kier alpha value is -9.70. The minimum absolute atomic E-state index is 0.0210. The summed E-state index contributed by atoms with van der Waals surface area (Å²) in [6.07, 6.45) is 0. The van der Waals surface area contributed by atoms with Gasteiger partial charge in [0.1, 0.15) is 0 Å². The molecule has 0 spiro atoms. The van der Waals surface area contributed by atoms with E-state index < -0.39 is 0 Å². The number of nitrogens with zero attached hydrogens (tertiary/aromatic N) is 2. The maximum absolute atomic E-state index is 2.80. The van der Waals surface area contributed by atoms with E-state index >= 15 is 0 Å². The first-order chi connectivity index (χ1) is 50.1. The molecule has 0 saturated heterocycles. The van der Waals surface area contributed by atoms with E-state index in [0.717, 1.165) is 5.56 Å². The molecule has 3 heteroatoms. The fraction of sp³-hybridized carbons (Fsp3) is 0.308. The van der Waals surface area contributed by atoms with E-state index in [9.17, 15) is 0 Å². The highest BCUT2D eigenvalue weighted by Crippen LogP contribution is 2.55. The lowest BCUT2D eigenvalue weighted by atomic mass is 9.33. The Balaban J connectivity index is 1.20. The Kier molecular flexibility index (Phi) is 16.3. The summed E-state index contributed by atoms with van der Waals surface area (Å²) < 4.78 is 5.61. The third-order valence-electron chi connectivity index (χ3n) is 23.9. The molecule has 0 unspecified atom stereocenters. The Morgan fingerprint density at radius 1 is 0.206 bits per heavy atom. The van der Waals surface area contributed by atoms with Gasteiger partial charge in [-0.15, -0.1) is 0 Å². The molecule has 0 fully saturated rings. The van der Waals surface area contributed by atoms with Gasteiger partial charge in [-0.2, -0.15) is 0 Å². The zero-order chi connectivity index (χ0) is 76.1. The smallest absolute Gasteiger partial charge is 0.252 e. The molecule has 2 nitrogen and oxygen atoms in total. The lowest BCUT2D eigenvalue weighted by molar-refractivity contribution is 0.590. The van der Waals surface area contributed by atoms with Crippen molar-refractivity contribution >= 4 is 66.7 Å². The van der Waals surface area contributed by atoms with Gasteiger partial charge in [0.15, 0.2) is 0 Å². The molecule has 0 aliphatic carbocycles. The maximum atomic E-state index is 2.80. The first kappa shape index (κ1) is 71.6. The van der Waals surface area contributed by atoms with Gasteiger partial charge >= 0.3 is 0 Å². The standard InChI is InChI=1S/C104H109BN2/c1-97(2,3)73-38-30-62(31-39-73)67-50-68(63-32-40-74(41-33-63)98(4,5)6)53-71(52-67)90-89(66-28-26-25-27-29-66)91(72-54-69(64-34-42-75(43-35-64)99(7,8)9)51-70(55-72)65-36-44-76(45-37-65)100(10,11)12)96-92-95(90)106-87-48-46-77(101(13,14)15)56-81(87)83-58-79(103(19,20)21)60-85(93(83)106)105(92)86-61-80(104(22,23)24)59-84-82-57-78(102(16,17)18)47-49-88(82)107(96)94(84)86/h25-61H,1-24H3. The molecule has 0 radical (unpaired) electrons. The van der Waals surface area contributed by atoms with Crippen LogP contribution in [0.4, 0.5) is 0 Å². The van der Waals surface area contributed by atoms with Gasteiger partial charge in [0.2, 0.25) is 0 Å². The monoisotopic (exact) mass is 1400 g/mol. The van der Waals surface area contributed by atoms with Crippen LogP contribution in [-0.4, -0.2) is 15.8 Å². The molecule has 2 aromatic heterocycles. The van der Waals surface area contributed by atoms with Crippen LogP contribution in [0.15, 0.2) is 224 Å². The third kappa shape index (κ3) is 12.3. The predicted molar refractivity (Wildman–Crippen MR) is 467 cm³/mol. The topological polar surface area (TPSA) is 9.86 Å². The summed E-state index contributed by atoms with van der Waals surface area (Å²) in [6.45, 7) is 56.4.